The van der Waals surface area contributed by atoms with Gasteiger partial charge in [0.2, 0.25) is 0 Å². The van der Waals surface area contributed by atoms with Gasteiger partial charge in [-0.2, -0.15) is 0 Å². The molecular weight excluding hydrogens is 229 g/mol. The molecule has 2 aromatic rings. The highest BCUT2D eigenvalue weighted by atomic mass is 19.2. The van der Waals surface area contributed by atoms with Crippen LogP contribution in [0, 0.1) is 17.5 Å². The number of hydrogen-bond donors (Lipinski definition) is 1. The van der Waals surface area contributed by atoms with Crippen LogP contribution in [-0.4, -0.2) is 12.0 Å². The summed E-state index contributed by atoms with van der Waals surface area (Å²) >= 11 is 0. The van der Waals surface area contributed by atoms with Crippen LogP contribution in [0.2, 0.25) is 0 Å². The molecule has 0 amide bonds. The molecule has 88 valence electrons. The topological polar surface area (TPSA) is 24.9 Å². The zero-order valence-corrected chi connectivity index (χ0v) is 8.97. The molecule has 0 saturated carbocycles. The Morgan fingerprint density at radius 3 is 2.53 bits per heavy atom. The second-order valence-corrected chi connectivity index (χ2v) is 3.40. The van der Waals surface area contributed by atoms with Crippen molar-refractivity contribution in [3.8, 4) is 11.3 Å². The number of rotatable bonds is 2. The Morgan fingerprint density at radius 2 is 1.82 bits per heavy atom. The molecule has 1 heterocycles. The number of nitrogens with one attached hydrogen (secondary N) is 1. The number of anilines is 1. The van der Waals surface area contributed by atoms with Crippen molar-refractivity contribution in [3.05, 3.63) is 47.9 Å². The van der Waals surface area contributed by atoms with E-state index in [1.807, 2.05) is 0 Å². The third-order valence-electron chi connectivity index (χ3n) is 2.36. The summed E-state index contributed by atoms with van der Waals surface area (Å²) < 4.78 is 39.3. The van der Waals surface area contributed by atoms with Gasteiger partial charge < -0.3 is 5.32 Å². The summed E-state index contributed by atoms with van der Waals surface area (Å²) in [6.45, 7) is 0. The van der Waals surface area contributed by atoms with Gasteiger partial charge in [-0.3, -0.25) is 4.98 Å². The first kappa shape index (κ1) is 11.4. The maximum absolute atomic E-state index is 13.5. The first-order valence-corrected chi connectivity index (χ1v) is 4.91. The Kier molecular flexibility index (Phi) is 2.99. The van der Waals surface area contributed by atoms with Crippen molar-refractivity contribution in [2.75, 3.05) is 12.4 Å². The molecule has 2 rings (SSSR count). The fourth-order valence-corrected chi connectivity index (χ4v) is 1.46. The molecule has 1 aromatic carbocycles. The Labute approximate surface area is 96.1 Å². The quantitative estimate of drug-likeness (QED) is 0.812. The molecule has 0 unspecified atom stereocenters. The molecule has 0 fully saturated rings. The smallest absolute Gasteiger partial charge is 0.195 e. The Morgan fingerprint density at radius 1 is 1.06 bits per heavy atom. The lowest BCUT2D eigenvalue weighted by Crippen LogP contribution is -1.96. The van der Waals surface area contributed by atoms with Crippen LogP contribution in [0.5, 0.6) is 0 Å². The van der Waals surface area contributed by atoms with Crippen LogP contribution in [0.1, 0.15) is 0 Å². The van der Waals surface area contributed by atoms with Crippen LogP contribution >= 0.6 is 0 Å². The highest BCUT2D eigenvalue weighted by Gasteiger charge is 2.15. The number of pyridine rings is 1. The average molecular weight is 238 g/mol. The zero-order chi connectivity index (χ0) is 12.4. The third-order valence-corrected chi connectivity index (χ3v) is 2.36. The first-order chi connectivity index (χ1) is 8.13. The van der Waals surface area contributed by atoms with Crippen molar-refractivity contribution in [2.45, 2.75) is 0 Å². The molecule has 0 aliphatic heterocycles. The van der Waals surface area contributed by atoms with E-state index < -0.39 is 17.5 Å². The molecule has 0 spiro atoms. The van der Waals surface area contributed by atoms with E-state index >= 15 is 0 Å². The standard InChI is InChI=1S/C12H9F3N2/c1-16-7-4-5-17-10(6-7)8-2-3-9(13)12(15)11(8)14/h2-6H,1H3,(H,16,17). The molecule has 1 aromatic heterocycles. The van der Waals surface area contributed by atoms with Gasteiger partial charge in [0.05, 0.1) is 5.69 Å². The predicted octanol–water partition coefficient (Wildman–Crippen LogP) is 3.21. The molecule has 0 aliphatic rings. The van der Waals surface area contributed by atoms with Crippen LogP contribution < -0.4 is 5.32 Å². The van der Waals surface area contributed by atoms with E-state index in [2.05, 4.69) is 10.3 Å². The second-order valence-electron chi connectivity index (χ2n) is 3.40. The minimum absolute atomic E-state index is 0.0685. The number of benzene rings is 1. The van der Waals surface area contributed by atoms with Gasteiger partial charge in [-0.05, 0) is 24.3 Å². The Bertz CT molecular complexity index is 555. The molecule has 17 heavy (non-hydrogen) atoms. The second kappa shape index (κ2) is 4.45. The SMILES string of the molecule is CNc1ccnc(-c2ccc(F)c(F)c2F)c1. The van der Waals surface area contributed by atoms with E-state index in [-0.39, 0.29) is 11.3 Å². The summed E-state index contributed by atoms with van der Waals surface area (Å²) in [4.78, 5) is 3.92. The first-order valence-electron chi connectivity index (χ1n) is 4.91. The lowest BCUT2D eigenvalue weighted by molar-refractivity contribution is 0.449. The molecule has 0 aliphatic carbocycles. The zero-order valence-electron chi connectivity index (χ0n) is 8.97. The Hall–Kier alpha value is -2.04. The number of hydrogen-bond acceptors (Lipinski definition) is 2. The normalized spacial score (nSPS) is 10.4. The van der Waals surface area contributed by atoms with E-state index in [1.54, 1.807) is 19.2 Å². The molecule has 0 bridgehead atoms. The minimum Gasteiger partial charge on any atom is -0.388 e. The van der Waals surface area contributed by atoms with Crippen molar-refractivity contribution < 1.29 is 13.2 Å². The lowest BCUT2D eigenvalue weighted by Gasteiger charge is -2.06. The fourth-order valence-electron chi connectivity index (χ4n) is 1.46. The molecule has 0 saturated heterocycles. The molecule has 0 atom stereocenters. The molecule has 5 heteroatoms. The molecule has 1 N–H and O–H groups in total. The number of aromatic nitrogens is 1. The van der Waals surface area contributed by atoms with Crippen molar-refractivity contribution in [1.29, 1.82) is 0 Å². The van der Waals surface area contributed by atoms with Gasteiger partial charge in [0.1, 0.15) is 0 Å². The van der Waals surface area contributed by atoms with E-state index in [0.29, 0.717) is 5.69 Å². The molecular formula is C12H9F3N2. The lowest BCUT2D eigenvalue weighted by atomic mass is 10.1. The Balaban J connectivity index is 2.56. The summed E-state index contributed by atoms with van der Waals surface area (Å²) in [6, 6.07) is 5.27. The number of halogens is 3. The highest BCUT2D eigenvalue weighted by molar-refractivity contribution is 5.64. The van der Waals surface area contributed by atoms with E-state index in [0.717, 1.165) is 12.1 Å². The maximum Gasteiger partial charge on any atom is 0.195 e. The fraction of sp³-hybridized carbons (Fsp3) is 0.0833. The summed E-state index contributed by atoms with van der Waals surface area (Å²) in [5.41, 5.74) is 0.883. The van der Waals surface area contributed by atoms with Crippen LogP contribution in [0.25, 0.3) is 11.3 Å². The van der Waals surface area contributed by atoms with Crippen LogP contribution in [0.15, 0.2) is 30.5 Å². The van der Waals surface area contributed by atoms with E-state index in [4.69, 9.17) is 0 Å². The predicted molar refractivity (Wildman–Crippen MR) is 59.1 cm³/mol. The summed E-state index contributed by atoms with van der Waals surface area (Å²) in [5.74, 6) is -3.93. The van der Waals surface area contributed by atoms with Gasteiger partial charge >= 0.3 is 0 Å². The van der Waals surface area contributed by atoms with Crippen LogP contribution in [0.3, 0.4) is 0 Å². The summed E-state index contributed by atoms with van der Waals surface area (Å²) in [5, 5.41) is 2.85. The third kappa shape index (κ3) is 2.08. The minimum atomic E-state index is -1.49. The van der Waals surface area contributed by atoms with Crippen molar-refractivity contribution in [1.82, 2.24) is 4.98 Å². The molecule has 0 radical (unpaired) electrons. The van der Waals surface area contributed by atoms with Crippen molar-refractivity contribution in [3.63, 3.8) is 0 Å². The van der Waals surface area contributed by atoms with Gasteiger partial charge in [0.25, 0.3) is 0 Å². The van der Waals surface area contributed by atoms with Crippen LogP contribution in [-0.2, 0) is 0 Å². The van der Waals surface area contributed by atoms with Gasteiger partial charge in [0, 0.05) is 24.5 Å². The largest absolute Gasteiger partial charge is 0.388 e. The van der Waals surface area contributed by atoms with Crippen LogP contribution in [0.4, 0.5) is 18.9 Å². The van der Waals surface area contributed by atoms with Gasteiger partial charge in [0.15, 0.2) is 17.5 Å². The van der Waals surface area contributed by atoms with Gasteiger partial charge in [-0.1, -0.05) is 0 Å². The van der Waals surface area contributed by atoms with Gasteiger partial charge in [-0.25, -0.2) is 13.2 Å². The monoisotopic (exact) mass is 238 g/mol. The van der Waals surface area contributed by atoms with Crippen molar-refractivity contribution in [2.24, 2.45) is 0 Å². The molecule has 2 nitrogen and oxygen atoms in total. The van der Waals surface area contributed by atoms with Gasteiger partial charge in [-0.15, -0.1) is 0 Å². The summed E-state index contributed by atoms with van der Waals surface area (Å²) in [7, 11) is 1.70. The maximum atomic E-state index is 13.5. The highest BCUT2D eigenvalue weighted by Crippen LogP contribution is 2.25. The summed E-state index contributed by atoms with van der Waals surface area (Å²) in [6.07, 6.45) is 1.46. The van der Waals surface area contributed by atoms with E-state index in [1.165, 1.54) is 6.20 Å². The van der Waals surface area contributed by atoms with Crippen molar-refractivity contribution >= 4 is 5.69 Å². The average Bonchev–Trinajstić information content (AvgIpc) is 2.36. The van der Waals surface area contributed by atoms with E-state index in [9.17, 15) is 13.2 Å². The number of nitrogens with zero attached hydrogens (tertiary/aromatic N) is 1.